The van der Waals surface area contributed by atoms with Gasteiger partial charge in [0.2, 0.25) is 6.29 Å². The normalized spacial score (nSPS) is 21.9. The van der Waals surface area contributed by atoms with Crippen molar-refractivity contribution >= 4 is 16.9 Å². The van der Waals surface area contributed by atoms with E-state index in [4.69, 9.17) is 28.5 Å². The van der Waals surface area contributed by atoms with Crippen molar-refractivity contribution in [2.75, 3.05) is 46.7 Å². The molecule has 1 N–H and O–H groups in total. The summed E-state index contributed by atoms with van der Waals surface area (Å²) in [5, 5.41) is 9.35. The summed E-state index contributed by atoms with van der Waals surface area (Å²) >= 11 is 0. The molecular formula is C30H41NO8. The van der Waals surface area contributed by atoms with E-state index in [1.165, 1.54) is 12.7 Å². The fraction of sp³-hybridized carbons (Fsp3) is 0.600. The molecule has 214 valence electrons. The van der Waals surface area contributed by atoms with Gasteiger partial charge in [0.1, 0.15) is 5.58 Å². The van der Waals surface area contributed by atoms with Gasteiger partial charge in [-0.2, -0.15) is 0 Å². The van der Waals surface area contributed by atoms with Crippen molar-refractivity contribution < 1.29 is 33.3 Å². The SMILES string of the molecule is CCO[C@@H]1OC(C(=O)N(C)C2CCCCC2)=C[C@H](c2coc3ccccc3c2=O)[C@@H]1CCOCCOCCO. The Kier molecular flexibility index (Phi) is 11.0. The number of amides is 1. The molecule has 2 aliphatic rings. The van der Waals surface area contributed by atoms with E-state index in [9.17, 15) is 9.59 Å². The Hall–Kier alpha value is -2.72. The van der Waals surface area contributed by atoms with Gasteiger partial charge in [0.15, 0.2) is 11.2 Å². The summed E-state index contributed by atoms with van der Waals surface area (Å²) in [4.78, 5) is 29.1. The molecule has 0 bridgehead atoms. The minimum Gasteiger partial charge on any atom is -0.464 e. The summed E-state index contributed by atoms with van der Waals surface area (Å²) in [6, 6.07) is 7.32. The standard InChI is InChI=1S/C30H41NO8/c1-3-37-30-22(13-15-35-17-18-36-16-14-32)24(25-20-38-26-12-8-7-11-23(26)28(25)33)19-27(39-30)29(34)31(2)21-9-5-4-6-10-21/h7-8,11-12,19-22,24,30,32H,3-6,9-10,13-18H2,1-2H3/t22-,24-,30+/m0/s1. The number of para-hydroxylation sites is 1. The number of carbonyl (C=O) groups excluding carboxylic acids is 1. The Bertz CT molecular complexity index is 1160. The van der Waals surface area contributed by atoms with Crippen LogP contribution in [0.1, 0.15) is 56.9 Å². The van der Waals surface area contributed by atoms with Crippen LogP contribution in [-0.4, -0.2) is 74.9 Å². The lowest BCUT2D eigenvalue weighted by Crippen LogP contribution is -2.44. The monoisotopic (exact) mass is 543 g/mol. The Labute approximate surface area is 229 Å². The van der Waals surface area contributed by atoms with Crippen molar-refractivity contribution in [3.05, 3.63) is 58.2 Å². The molecule has 9 heteroatoms. The average molecular weight is 544 g/mol. The van der Waals surface area contributed by atoms with Gasteiger partial charge in [0.25, 0.3) is 5.91 Å². The molecule has 1 saturated carbocycles. The van der Waals surface area contributed by atoms with E-state index < -0.39 is 12.2 Å². The number of hydrogen-bond acceptors (Lipinski definition) is 8. The first-order chi connectivity index (χ1) is 19.0. The molecule has 2 aromatic rings. The van der Waals surface area contributed by atoms with E-state index in [1.54, 1.807) is 23.1 Å². The van der Waals surface area contributed by atoms with Crippen LogP contribution in [0.4, 0.5) is 0 Å². The second-order valence-electron chi connectivity index (χ2n) is 10.1. The van der Waals surface area contributed by atoms with Crippen LogP contribution in [0.25, 0.3) is 11.0 Å². The number of likely N-dealkylation sites (N-methyl/N-ethyl adjacent to an activating group) is 1. The number of aliphatic hydroxyl groups is 1. The lowest BCUT2D eigenvalue weighted by atomic mass is 9.81. The maximum Gasteiger partial charge on any atom is 0.288 e. The summed E-state index contributed by atoms with van der Waals surface area (Å²) in [5.74, 6) is -0.751. The molecule has 39 heavy (non-hydrogen) atoms. The van der Waals surface area contributed by atoms with Gasteiger partial charge in [0, 0.05) is 43.7 Å². The third kappa shape index (κ3) is 7.28. The highest BCUT2D eigenvalue weighted by Gasteiger charge is 2.40. The van der Waals surface area contributed by atoms with Gasteiger partial charge >= 0.3 is 0 Å². The average Bonchev–Trinajstić information content (AvgIpc) is 2.97. The van der Waals surface area contributed by atoms with Crippen molar-refractivity contribution in [3.8, 4) is 0 Å². The molecular weight excluding hydrogens is 502 g/mol. The molecule has 0 unspecified atom stereocenters. The molecule has 0 saturated heterocycles. The lowest BCUT2D eigenvalue weighted by Gasteiger charge is -2.38. The van der Waals surface area contributed by atoms with Crippen LogP contribution in [-0.2, 0) is 23.7 Å². The Balaban J connectivity index is 1.63. The predicted molar refractivity (Wildman–Crippen MR) is 146 cm³/mol. The summed E-state index contributed by atoms with van der Waals surface area (Å²) in [6.45, 7) is 3.63. The van der Waals surface area contributed by atoms with Crippen LogP contribution in [0.3, 0.4) is 0 Å². The van der Waals surface area contributed by atoms with Gasteiger partial charge in [-0.15, -0.1) is 0 Å². The third-order valence-electron chi connectivity index (χ3n) is 7.64. The van der Waals surface area contributed by atoms with Crippen molar-refractivity contribution in [3.63, 3.8) is 0 Å². The quantitative estimate of drug-likeness (QED) is 0.378. The lowest BCUT2D eigenvalue weighted by molar-refractivity contribution is -0.172. The highest BCUT2D eigenvalue weighted by Crippen LogP contribution is 2.39. The number of aliphatic hydroxyl groups excluding tert-OH is 1. The van der Waals surface area contributed by atoms with E-state index in [-0.39, 0.29) is 42.3 Å². The van der Waals surface area contributed by atoms with E-state index >= 15 is 0 Å². The highest BCUT2D eigenvalue weighted by molar-refractivity contribution is 5.92. The molecule has 1 aliphatic heterocycles. The van der Waals surface area contributed by atoms with Gasteiger partial charge in [0.05, 0.1) is 38.1 Å². The summed E-state index contributed by atoms with van der Waals surface area (Å²) in [5.41, 5.74) is 0.842. The highest BCUT2D eigenvalue weighted by atomic mass is 16.7. The van der Waals surface area contributed by atoms with Crippen molar-refractivity contribution in [1.82, 2.24) is 4.90 Å². The zero-order chi connectivity index (χ0) is 27.6. The van der Waals surface area contributed by atoms with Gasteiger partial charge < -0.3 is 33.4 Å². The van der Waals surface area contributed by atoms with Crippen LogP contribution in [0.15, 0.2) is 51.6 Å². The topological polar surface area (TPSA) is 108 Å². The molecule has 4 rings (SSSR count). The second kappa shape index (κ2) is 14.6. The maximum absolute atomic E-state index is 13.6. The molecule has 2 heterocycles. The molecule has 1 aromatic carbocycles. The molecule has 1 aromatic heterocycles. The molecule has 1 amide bonds. The molecule has 1 aliphatic carbocycles. The van der Waals surface area contributed by atoms with Crippen LogP contribution >= 0.6 is 0 Å². The number of hydrogen-bond donors (Lipinski definition) is 1. The number of nitrogens with zero attached hydrogens (tertiary/aromatic N) is 1. The van der Waals surface area contributed by atoms with Crippen LogP contribution in [0.5, 0.6) is 0 Å². The predicted octanol–water partition coefficient (Wildman–Crippen LogP) is 3.98. The summed E-state index contributed by atoms with van der Waals surface area (Å²) < 4.78 is 29.1. The van der Waals surface area contributed by atoms with Gasteiger partial charge in [-0.3, -0.25) is 9.59 Å². The third-order valence-corrected chi connectivity index (χ3v) is 7.64. The van der Waals surface area contributed by atoms with Crippen molar-refractivity contribution in [2.24, 2.45) is 5.92 Å². The number of benzene rings is 1. The largest absolute Gasteiger partial charge is 0.464 e. The second-order valence-corrected chi connectivity index (χ2v) is 10.1. The van der Waals surface area contributed by atoms with Crippen molar-refractivity contribution in [1.29, 1.82) is 0 Å². The molecule has 0 radical (unpaired) electrons. The van der Waals surface area contributed by atoms with Gasteiger partial charge in [-0.25, -0.2) is 0 Å². The Morgan fingerprint density at radius 2 is 1.82 bits per heavy atom. The smallest absolute Gasteiger partial charge is 0.288 e. The minimum absolute atomic E-state index is 0.0329. The fourth-order valence-electron chi connectivity index (χ4n) is 5.52. The number of carbonyl (C=O) groups is 1. The molecule has 0 spiro atoms. The van der Waals surface area contributed by atoms with E-state index in [2.05, 4.69) is 0 Å². The van der Waals surface area contributed by atoms with Crippen LogP contribution < -0.4 is 5.43 Å². The van der Waals surface area contributed by atoms with Crippen molar-refractivity contribution in [2.45, 2.75) is 63.7 Å². The Morgan fingerprint density at radius 3 is 2.56 bits per heavy atom. The first-order valence-electron chi connectivity index (χ1n) is 14.1. The zero-order valence-electron chi connectivity index (χ0n) is 23.0. The molecule has 1 fully saturated rings. The van der Waals surface area contributed by atoms with Gasteiger partial charge in [-0.1, -0.05) is 31.4 Å². The van der Waals surface area contributed by atoms with E-state index in [0.717, 1.165) is 25.7 Å². The first kappa shape index (κ1) is 29.3. The number of allylic oxidation sites excluding steroid dienone is 1. The Morgan fingerprint density at radius 1 is 1.08 bits per heavy atom. The molecule has 9 nitrogen and oxygen atoms in total. The number of fused-ring (bicyclic) bond motifs is 1. The fourth-order valence-corrected chi connectivity index (χ4v) is 5.52. The summed E-state index contributed by atoms with van der Waals surface area (Å²) in [7, 11) is 1.83. The van der Waals surface area contributed by atoms with Crippen LogP contribution in [0, 0.1) is 5.92 Å². The minimum atomic E-state index is -0.733. The molecule has 3 atom stereocenters. The van der Waals surface area contributed by atoms with Crippen LogP contribution in [0.2, 0.25) is 0 Å². The van der Waals surface area contributed by atoms with E-state index in [0.29, 0.717) is 49.4 Å². The van der Waals surface area contributed by atoms with Gasteiger partial charge in [-0.05, 0) is 44.4 Å². The summed E-state index contributed by atoms with van der Waals surface area (Å²) in [6.07, 6.45) is 8.43. The zero-order valence-corrected chi connectivity index (χ0v) is 23.0. The number of ether oxygens (including phenoxy) is 4. The maximum atomic E-state index is 13.6. The number of rotatable bonds is 13. The first-order valence-corrected chi connectivity index (χ1v) is 14.1. The van der Waals surface area contributed by atoms with E-state index in [1.807, 2.05) is 26.1 Å².